The van der Waals surface area contributed by atoms with Crippen LogP contribution in [0.25, 0.3) is 5.78 Å². The van der Waals surface area contributed by atoms with Crippen molar-refractivity contribution in [3.05, 3.63) is 48.4 Å². The van der Waals surface area contributed by atoms with Gasteiger partial charge in [0, 0.05) is 11.8 Å². The highest BCUT2D eigenvalue weighted by Gasteiger charge is 2.34. The molecule has 0 spiro atoms. The van der Waals surface area contributed by atoms with Crippen LogP contribution in [0.15, 0.2) is 42.7 Å². The van der Waals surface area contributed by atoms with Gasteiger partial charge in [-0.05, 0) is 19.1 Å². The van der Waals surface area contributed by atoms with Crippen LogP contribution in [0.5, 0.6) is 0 Å². The summed E-state index contributed by atoms with van der Waals surface area (Å²) in [6.45, 7) is 1.52. The first-order valence-electron chi connectivity index (χ1n) is 7.25. The normalized spacial score (nSPS) is 12.8. The molecule has 0 aliphatic rings. The lowest BCUT2D eigenvalue weighted by atomic mass is 10.2. The zero-order valence-corrected chi connectivity index (χ0v) is 12.9. The molecule has 130 valence electrons. The molecule has 2 N–H and O–H groups in total. The van der Waals surface area contributed by atoms with Crippen molar-refractivity contribution in [1.82, 2.24) is 19.6 Å². The first-order valence-corrected chi connectivity index (χ1v) is 7.25. The van der Waals surface area contributed by atoms with Gasteiger partial charge in [0.15, 0.2) is 5.69 Å². The summed E-state index contributed by atoms with van der Waals surface area (Å²) < 4.78 is 40.0. The van der Waals surface area contributed by atoms with Crippen LogP contribution >= 0.6 is 0 Å². The number of carbonyl (C=O) groups is 1. The van der Waals surface area contributed by atoms with Crippen LogP contribution in [-0.2, 0) is 11.0 Å². The molecule has 1 unspecified atom stereocenters. The number of anilines is 2. The van der Waals surface area contributed by atoms with Gasteiger partial charge in [0.1, 0.15) is 18.2 Å². The van der Waals surface area contributed by atoms with Crippen LogP contribution in [-0.4, -0.2) is 31.5 Å². The number of carbonyl (C=O) groups excluding carboxylic acids is 1. The molecule has 2 heterocycles. The second-order valence-electron chi connectivity index (χ2n) is 5.22. The van der Waals surface area contributed by atoms with Gasteiger partial charge in [-0.2, -0.15) is 27.8 Å². The number of benzene rings is 1. The van der Waals surface area contributed by atoms with Crippen molar-refractivity contribution in [2.75, 3.05) is 10.6 Å². The fraction of sp³-hybridized carbons (Fsp3) is 0.200. The second kappa shape index (κ2) is 6.38. The minimum Gasteiger partial charge on any atom is -0.358 e. The molecule has 0 bridgehead atoms. The molecule has 7 nitrogen and oxygen atoms in total. The Labute approximate surface area is 139 Å². The minimum absolute atomic E-state index is 0.0365. The number of hydrogen-bond acceptors (Lipinski definition) is 5. The molecular weight excluding hydrogens is 337 g/mol. The zero-order valence-electron chi connectivity index (χ0n) is 12.9. The third-order valence-corrected chi connectivity index (χ3v) is 3.34. The summed E-state index contributed by atoms with van der Waals surface area (Å²) in [4.78, 5) is 19.3. The van der Waals surface area contributed by atoms with Gasteiger partial charge in [-0.3, -0.25) is 4.79 Å². The highest BCUT2D eigenvalue weighted by molar-refractivity contribution is 5.96. The van der Waals surface area contributed by atoms with E-state index in [0.717, 1.165) is 16.9 Å². The third-order valence-electron chi connectivity index (χ3n) is 3.34. The van der Waals surface area contributed by atoms with E-state index < -0.39 is 23.8 Å². The Morgan fingerprint density at radius 3 is 2.64 bits per heavy atom. The van der Waals surface area contributed by atoms with E-state index >= 15 is 0 Å². The molecule has 25 heavy (non-hydrogen) atoms. The lowest BCUT2D eigenvalue weighted by Gasteiger charge is -2.17. The maximum Gasteiger partial charge on any atom is 0.433 e. The Morgan fingerprint density at radius 1 is 1.24 bits per heavy atom. The molecule has 10 heteroatoms. The van der Waals surface area contributed by atoms with Crippen molar-refractivity contribution >= 4 is 23.2 Å². The number of amides is 1. The first kappa shape index (κ1) is 16.7. The lowest BCUT2D eigenvalue weighted by molar-refractivity contribution is -0.141. The highest BCUT2D eigenvalue weighted by atomic mass is 19.4. The van der Waals surface area contributed by atoms with E-state index in [1.807, 2.05) is 0 Å². The maximum atomic E-state index is 13.0. The Balaban J connectivity index is 1.84. The summed E-state index contributed by atoms with van der Waals surface area (Å²) in [5.74, 6) is -0.664. The van der Waals surface area contributed by atoms with Crippen LogP contribution in [0.2, 0.25) is 0 Å². The molecule has 1 atom stereocenters. The number of halogens is 3. The Kier molecular flexibility index (Phi) is 4.26. The van der Waals surface area contributed by atoms with E-state index in [-0.39, 0.29) is 11.6 Å². The van der Waals surface area contributed by atoms with E-state index in [0.29, 0.717) is 5.69 Å². The van der Waals surface area contributed by atoms with Gasteiger partial charge in [0.05, 0.1) is 0 Å². The third kappa shape index (κ3) is 3.67. The van der Waals surface area contributed by atoms with E-state index in [4.69, 9.17) is 0 Å². The molecule has 0 saturated carbocycles. The number of fused-ring (bicyclic) bond motifs is 1. The molecule has 0 radical (unpaired) electrons. The van der Waals surface area contributed by atoms with E-state index in [2.05, 4.69) is 25.7 Å². The van der Waals surface area contributed by atoms with Crippen molar-refractivity contribution in [2.24, 2.45) is 0 Å². The fourth-order valence-corrected chi connectivity index (χ4v) is 2.12. The molecule has 0 aliphatic carbocycles. The van der Waals surface area contributed by atoms with Crippen LogP contribution in [0.3, 0.4) is 0 Å². The smallest absolute Gasteiger partial charge is 0.358 e. The molecule has 0 saturated heterocycles. The average molecular weight is 350 g/mol. The summed E-state index contributed by atoms with van der Waals surface area (Å²) in [6.07, 6.45) is -3.55. The summed E-state index contributed by atoms with van der Waals surface area (Å²) in [5, 5.41) is 9.20. The SMILES string of the molecule is CC(Nc1cc(C(F)(F)F)nc2ncnn12)C(=O)Nc1ccccc1. The number of nitrogens with zero attached hydrogens (tertiary/aromatic N) is 4. The van der Waals surface area contributed by atoms with Crippen molar-refractivity contribution in [1.29, 1.82) is 0 Å². The Morgan fingerprint density at radius 2 is 1.96 bits per heavy atom. The van der Waals surface area contributed by atoms with Gasteiger partial charge >= 0.3 is 6.18 Å². The van der Waals surface area contributed by atoms with Crippen molar-refractivity contribution in [3.8, 4) is 0 Å². The number of hydrogen-bond donors (Lipinski definition) is 2. The van der Waals surface area contributed by atoms with Gasteiger partial charge in [-0.25, -0.2) is 4.98 Å². The first-order chi connectivity index (χ1) is 11.8. The zero-order chi connectivity index (χ0) is 18.0. The summed E-state index contributed by atoms with van der Waals surface area (Å²) in [6, 6.07) is 8.68. The molecule has 0 fully saturated rings. The average Bonchev–Trinajstić information content (AvgIpc) is 3.03. The number of rotatable bonds is 4. The molecule has 3 rings (SSSR count). The summed E-state index contributed by atoms with van der Waals surface area (Å²) in [7, 11) is 0. The second-order valence-corrected chi connectivity index (χ2v) is 5.22. The van der Waals surface area contributed by atoms with Crippen LogP contribution in [0.4, 0.5) is 24.7 Å². The highest BCUT2D eigenvalue weighted by Crippen LogP contribution is 2.29. The van der Waals surface area contributed by atoms with Crippen molar-refractivity contribution in [2.45, 2.75) is 19.1 Å². The predicted octanol–water partition coefficient (Wildman–Crippen LogP) is 2.58. The fourth-order valence-electron chi connectivity index (χ4n) is 2.12. The van der Waals surface area contributed by atoms with Gasteiger partial charge in [0.25, 0.3) is 5.78 Å². The molecule has 2 aromatic heterocycles. The summed E-state index contributed by atoms with van der Waals surface area (Å²) in [5.41, 5.74) is -0.538. The monoisotopic (exact) mass is 350 g/mol. The van der Waals surface area contributed by atoms with E-state index in [1.54, 1.807) is 30.3 Å². The molecule has 1 aromatic carbocycles. The van der Waals surface area contributed by atoms with Crippen molar-refractivity contribution < 1.29 is 18.0 Å². The topological polar surface area (TPSA) is 84.2 Å². The number of nitrogens with one attached hydrogen (secondary N) is 2. The van der Waals surface area contributed by atoms with Gasteiger partial charge in [0.2, 0.25) is 5.91 Å². The number of para-hydroxylation sites is 1. The molecular formula is C15H13F3N6O. The Hall–Kier alpha value is -3.17. The maximum absolute atomic E-state index is 13.0. The molecule has 1 amide bonds. The Bertz CT molecular complexity index is 893. The van der Waals surface area contributed by atoms with E-state index in [1.165, 1.54) is 6.92 Å². The summed E-state index contributed by atoms with van der Waals surface area (Å²) >= 11 is 0. The standard InChI is InChI=1S/C15H13F3N6O/c1-9(13(25)22-10-5-3-2-4-6-10)21-12-7-11(15(16,17)18)23-14-19-8-20-24(12)14/h2-9,21H,1H3,(H,22,25). The van der Waals surface area contributed by atoms with Crippen LogP contribution < -0.4 is 10.6 Å². The number of alkyl halides is 3. The van der Waals surface area contributed by atoms with Gasteiger partial charge in [-0.1, -0.05) is 18.2 Å². The van der Waals surface area contributed by atoms with Gasteiger partial charge in [-0.15, -0.1) is 0 Å². The molecule has 0 aliphatic heterocycles. The minimum atomic E-state index is -4.64. The lowest BCUT2D eigenvalue weighted by Crippen LogP contribution is -2.32. The molecule has 3 aromatic rings. The quantitative estimate of drug-likeness (QED) is 0.756. The number of aromatic nitrogens is 4. The largest absolute Gasteiger partial charge is 0.433 e. The van der Waals surface area contributed by atoms with Crippen molar-refractivity contribution in [3.63, 3.8) is 0 Å². The van der Waals surface area contributed by atoms with Crippen LogP contribution in [0, 0.1) is 0 Å². The van der Waals surface area contributed by atoms with Gasteiger partial charge < -0.3 is 10.6 Å². The van der Waals surface area contributed by atoms with E-state index in [9.17, 15) is 18.0 Å². The predicted molar refractivity (Wildman–Crippen MR) is 83.9 cm³/mol. The van der Waals surface area contributed by atoms with Crippen LogP contribution in [0.1, 0.15) is 12.6 Å².